The topological polar surface area (TPSA) is 52.6 Å². The van der Waals surface area contributed by atoms with Crippen molar-refractivity contribution in [3.63, 3.8) is 0 Å². The normalized spacial score (nSPS) is 19.6. The van der Waals surface area contributed by atoms with E-state index in [1.54, 1.807) is 0 Å². The van der Waals surface area contributed by atoms with E-state index in [4.69, 9.17) is 9.47 Å². The van der Waals surface area contributed by atoms with Crippen molar-refractivity contribution in [2.24, 2.45) is 11.8 Å². The summed E-state index contributed by atoms with van der Waals surface area (Å²) in [6.45, 7) is 5.30. The smallest absolute Gasteiger partial charge is 0.308 e. The first-order chi connectivity index (χ1) is 13.2. The van der Waals surface area contributed by atoms with Gasteiger partial charge in [-0.3, -0.25) is 9.59 Å². The molecule has 1 aliphatic rings. The van der Waals surface area contributed by atoms with Gasteiger partial charge in [-0.05, 0) is 38.5 Å². The molecule has 0 radical (unpaired) electrons. The number of carbonyl (C=O) groups excluding carboxylic acids is 2. The second-order valence-electron chi connectivity index (χ2n) is 8.07. The molecular formula is C23H42O4. The fraction of sp³-hybridized carbons (Fsp3) is 0.913. The number of hydrogen-bond acceptors (Lipinski definition) is 4. The Morgan fingerprint density at radius 3 is 1.44 bits per heavy atom. The fourth-order valence-electron chi connectivity index (χ4n) is 3.77. The molecule has 1 saturated carbocycles. The Hall–Kier alpha value is -1.06. The molecule has 0 spiro atoms. The summed E-state index contributed by atoms with van der Waals surface area (Å²) < 4.78 is 10.7. The molecule has 1 aliphatic carbocycles. The highest BCUT2D eigenvalue weighted by molar-refractivity contribution is 5.75. The first-order valence-corrected chi connectivity index (χ1v) is 11.5. The van der Waals surface area contributed by atoms with Crippen LogP contribution in [0.4, 0.5) is 0 Å². The lowest BCUT2D eigenvalue weighted by Gasteiger charge is -2.25. The lowest BCUT2D eigenvalue weighted by molar-refractivity contribution is -0.155. The third-order valence-corrected chi connectivity index (χ3v) is 5.58. The van der Waals surface area contributed by atoms with Crippen LogP contribution in [-0.4, -0.2) is 25.2 Å². The number of hydrogen-bond donors (Lipinski definition) is 0. The predicted octanol–water partition coefficient (Wildman–Crippen LogP) is 6.21. The van der Waals surface area contributed by atoms with Gasteiger partial charge in [-0.1, -0.05) is 71.6 Å². The summed E-state index contributed by atoms with van der Waals surface area (Å²) in [5, 5.41) is 0. The highest BCUT2D eigenvalue weighted by Crippen LogP contribution is 2.30. The Morgan fingerprint density at radius 1 is 0.593 bits per heavy atom. The van der Waals surface area contributed by atoms with Crippen molar-refractivity contribution in [2.45, 2.75) is 110 Å². The van der Waals surface area contributed by atoms with E-state index in [-0.39, 0.29) is 23.8 Å². The summed E-state index contributed by atoms with van der Waals surface area (Å²) in [6, 6.07) is 0. The molecule has 0 aromatic rings. The van der Waals surface area contributed by atoms with Gasteiger partial charge in [0.05, 0.1) is 25.0 Å². The van der Waals surface area contributed by atoms with E-state index >= 15 is 0 Å². The molecular weight excluding hydrogens is 340 g/mol. The summed E-state index contributed by atoms with van der Waals surface area (Å²) in [5.41, 5.74) is 0. The maximum Gasteiger partial charge on any atom is 0.308 e. The standard InChI is InChI=1S/C23H42O4/c1-3-5-6-7-8-9-10-11-12-13-19-27-23(25)21-16-14-20(15-17-21)22(24)26-18-4-2/h20-21H,3-19H2,1-2H3. The highest BCUT2D eigenvalue weighted by atomic mass is 16.5. The van der Waals surface area contributed by atoms with E-state index in [9.17, 15) is 9.59 Å². The van der Waals surface area contributed by atoms with E-state index in [1.807, 2.05) is 6.92 Å². The van der Waals surface area contributed by atoms with Gasteiger partial charge in [-0.25, -0.2) is 0 Å². The van der Waals surface area contributed by atoms with Gasteiger partial charge in [-0.2, -0.15) is 0 Å². The molecule has 0 aromatic heterocycles. The molecule has 0 aromatic carbocycles. The van der Waals surface area contributed by atoms with Crippen molar-refractivity contribution < 1.29 is 19.1 Å². The van der Waals surface area contributed by atoms with Crippen LogP contribution in [0, 0.1) is 11.8 Å². The minimum absolute atomic E-state index is 0.0247. The maximum atomic E-state index is 12.2. The Bertz CT molecular complexity index is 386. The van der Waals surface area contributed by atoms with Crippen molar-refractivity contribution in [2.75, 3.05) is 13.2 Å². The summed E-state index contributed by atoms with van der Waals surface area (Å²) in [4.78, 5) is 24.0. The molecule has 1 rings (SSSR count). The van der Waals surface area contributed by atoms with Crippen molar-refractivity contribution in [3.05, 3.63) is 0 Å². The average molecular weight is 383 g/mol. The largest absolute Gasteiger partial charge is 0.465 e. The molecule has 0 N–H and O–H groups in total. The quantitative estimate of drug-likeness (QED) is 0.249. The molecule has 0 unspecified atom stereocenters. The Labute approximate surface area is 166 Å². The average Bonchev–Trinajstić information content (AvgIpc) is 2.70. The monoisotopic (exact) mass is 382 g/mol. The van der Waals surface area contributed by atoms with Crippen LogP contribution in [0.2, 0.25) is 0 Å². The molecule has 4 nitrogen and oxygen atoms in total. The SMILES string of the molecule is CCCCCCCCCCCCOC(=O)C1CCC(C(=O)OCCC)CC1. The molecule has 0 saturated heterocycles. The summed E-state index contributed by atoms with van der Waals surface area (Å²) in [5.74, 6) is -0.203. The first-order valence-electron chi connectivity index (χ1n) is 11.5. The van der Waals surface area contributed by atoms with Gasteiger partial charge < -0.3 is 9.47 Å². The zero-order valence-corrected chi connectivity index (χ0v) is 17.8. The van der Waals surface area contributed by atoms with Crippen LogP contribution in [0.1, 0.15) is 110 Å². The second kappa shape index (κ2) is 15.9. The minimum atomic E-state index is -0.0889. The van der Waals surface area contributed by atoms with Gasteiger partial charge in [-0.15, -0.1) is 0 Å². The lowest BCUT2D eigenvalue weighted by atomic mass is 9.82. The van der Waals surface area contributed by atoms with Crippen molar-refractivity contribution in [3.8, 4) is 0 Å². The van der Waals surface area contributed by atoms with E-state index in [1.165, 1.54) is 51.4 Å². The van der Waals surface area contributed by atoms with Crippen molar-refractivity contribution >= 4 is 11.9 Å². The molecule has 0 atom stereocenters. The Morgan fingerprint density at radius 2 is 1.00 bits per heavy atom. The van der Waals surface area contributed by atoms with Crippen LogP contribution in [-0.2, 0) is 19.1 Å². The van der Waals surface area contributed by atoms with Gasteiger partial charge in [0.25, 0.3) is 0 Å². The van der Waals surface area contributed by atoms with Crippen molar-refractivity contribution in [1.82, 2.24) is 0 Å². The Balaban J connectivity index is 1.96. The molecule has 1 fully saturated rings. The molecule has 0 amide bonds. The Kier molecular flexibility index (Phi) is 14.2. The molecule has 0 bridgehead atoms. The van der Waals surface area contributed by atoms with E-state index < -0.39 is 0 Å². The fourth-order valence-corrected chi connectivity index (χ4v) is 3.77. The second-order valence-corrected chi connectivity index (χ2v) is 8.07. The summed E-state index contributed by atoms with van der Waals surface area (Å²) >= 11 is 0. The first kappa shape index (κ1) is 24.0. The molecule has 0 heterocycles. The van der Waals surface area contributed by atoms with Crippen LogP contribution in [0.15, 0.2) is 0 Å². The van der Waals surface area contributed by atoms with Gasteiger partial charge >= 0.3 is 11.9 Å². The van der Waals surface area contributed by atoms with E-state index in [0.29, 0.717) is 13.2 Å². The minimum Gasteiger partial charge on any atom is -0.465 e. The summed E-state index contributed by atoms with van der Waals surface area (Å²) in [7, 11) is 0. The highest BCUT2D eigenvalue weighted by Gasteiger charge is 2.31. The molecule has 0 aliphatic heterocycles. The van der Waals surface area contributed by atoms with Gasteiger partial charge in [0.1, 0.15) is 0 Å². The van der Waals surface area contributed by atoms with Crippen LogP contribution in [0.5, 0.6) is 0 Å². The van der Waals surface area contributed by atoms with Gasteiger partial charge in [0.15, 0.2) is 0 Å². The molecule has 158 valence electrons. The number of carbonyl (C=O) groups is 2. The van der Waals surface area contributed by atoms with Gasteiger partial charge in [0.2, 0.25) is 0 Å². The van der Waals surface area contributed by atoms with E-state index in [0.717, 1.165) is 44.9 Å². The number of ether oxygens (including phenoxy) is 2. The van der Waals surface area contributed by atoms with Crippen LogP contribution in [0.25, 0.3) is 0 Å². The van der Waals surface area contributed by atoms with Gasteiger partial charge in [0, 0.05) is 0 Å². The number of rotatable bonds is 15. The summed E-state index contributed by atoms with van der Waals surface area (Å²) in [6.07, 6.45) is 16.7. The lowest BCUT2D eigenvalue weighted by Crippen LogP contribution is -2.28. The molecule has 4 heteroatoms. The zero-order valence-electron chi connectivity index (χ0n) is 17.8. The van der Waals surface area contributed by atoms with E-state index in [2.05, 4.69) is 6.92 Å². The zero-order chi connectivity index (χ0) is 19.7. The van der Waals surface area contributed by atoms with Crippen LogP contribution in [0.3, 0.4) is 0 Å². The maximum absolute atomic E-state index is 12.2. The van der Waals surface area contributed by atoms with Crippen LogP contribution >= 0.6 is 0 Å². The number of unbranched alkanes of at least 4 members (excludes halogenated alkanes) is 9. The molecule has 27 heavy (non-hydrogen) atoms. The number of esters is 2. The predicted molar refractivity (Wildman–Crippen MR) is 110 cm³/mol. The third kappa shape index (κ3) is 11.4. The van der Waals surface area contributed by atoms with Crippen LogP contribution < -0.4 is 0 Å². The third-order valence-electron chi connectivity index (χ3n) is 5.58. The van der Waals surface area contributed by atoms with Crippen molar-refractivity contribution in [1.29, 1.82) is 0 Å².